The molecule has 5 rings (SSSR count). The third-order valence-corrected chi connectivity index (χ3v) is 9.91. The molecule has 2 N–H and O–H groups in total. The Kier molecular flexibility index (Phi) is 21.9. The summed E-state index contributed by atoms with van der Waals surface area (Å²) in [6, 6.07) is 11.1. The van der Waals surface area contributed by atoms with Crippen LogP contribution < -0.4 is 21.0 Å². The molecule has 2 aliphatic rings. The van der Waals surface area contributed by atoms with Gasteiger partial charge in [-0.1, -0.05) is 112 Å². The van der Waals surface area contributed by atoms with Gasteiger partial charge in [-0.15, -0.1) is 0 Å². The standard InChI is InChI=1S/C35H43N5O3.C8H16.2C2H6/c1-7-11-32(38-25(6)26(9-3)20-24(5)34(42)23(4)8-2)39-31-15-14-27(22-37-31)28-12-10-13-29-30(41)21-33(43-35(28)29)40-18-16-36-17-19-40;1-2-5-8-6-3-4-7-8;2*1-2/h9-15,20-23,36H,7-8,16-19H2,1-6H3,(H,37,39);8H,2-7H2,1H3;2*1-2H3/b24-20+,26-9-,32-11-,38-25-;;;. The van der Waals surface area contributed by atoms with Gasteiger partial charge in [-0.3, -0.25) is 9.59 Å². The smallest absolute Gasteiger partial charge is 0.200 e. The summed E-state index contributed by atoms with van der Waals surface area (Å²) in [4.78, 5) is 37.2. The zero-order valence-electron chi connectivity index (χ0n) is 36.0. The van der Waals surface area contributed by atoms with Gasteiger partial charge < -0.3 is 20.0 Å². The van der Waals surface area contributed by atoms with Crippen molar-refractivity contribution in [1.82, 2.24) is 10.3 Å². The topological polar surface area (TPSA) is 99.8 Å². The van der Waals surface area contributed by atoms with Crippen LogP contribution in [0.25, 0.3) is 22.1 Å². The van der Waals surface area contributed by atoms with Crippen LogP contribution in [0.3, 0.4) is 0 Å². The largest absolute Gasteiger partial charge is 0.440 e. The van der Waals surface area contributed by atoms with Crippen molar-refractivity contribution in [3.63, 3.8) is 0 Å². The number of hydrogen-bond acceptors (Lipinski definition) is 8. The number of allylic oxidation sites excluding steroid dienone is 5. The predicted molar refractivity (Wildman–Crippen MR) is 237 cm³/mol. The number of aliphatic imine (C=N–C) groups is 1. The molecule has 0 amide bonds. The number of nitrogens with one attached hydrogen (secondary N) is 2. The predicted octanol–water partition coefficient (Wildman–Crippen LogP) is 11.9. The number of pyridine rings is 1. The van der Waals surface area contributed by atoms with E-state index in [2.05, 4.69) is 34.4 Å². The van der Waals surface area contributed by atoms with Crippen LogP contribution in [0, 0.1) is 11.8 Å². The van der Waals surface area contributed by atoms with Crippen molar-refractivity contribution in [1.29, 1.82) is 0 Å². The highest BCUT2D eigenvalue weighted by atomic mass is 16.4. The number of aromatic nitrogens is 1. The summed E-state index contributed by atoms with van der Waals surface area (Å²) < 4.78 is 6.33. The molecule has 1 aliphatic carbocycles. The van der Waals surface area contributed by atoms with Crippen molar-refractivity contribution in [3.05, 3.63) is 88.0 Å². The van der Waals surface area contributed by atoms with Gasteiger partial charge in [0, 0.05) is 61.2 Å². The van der Waals surface area contributed by atoms with Crippen molar-refractivity contribution in [3.8, 4) is 11.1 Å². The van der Waals surface area contributed by atoms with E-state index in [1.807, 2.05) is 105 Å². The maximum absolute atomic E-state index is 13.0. The van der Waals surface area contributed by atoms with E-state index in [4.69, 9.17) is 9.41 Å². The number of hydrogen-bond donors (Lipinski definition) is 2. The van der Waals surface area contributed by atoms with Gasteiger partial charge in [0.05, 0.1) is 5.39 Å². The lowest BCUT2D eigenvalue weighted by molar-refractivity contribution is -0.118. The van der Waals surface area contributed by atoms with Crippen LogP contribution >= 0.6 is 0 Å². The maximum atomic E-state index is 13.0. The van der Waals surface area contributed by atoms with Gasteiger partial charge in [-0.2, -0.15) is 0 Å². The quantitative estimate of drug-likeness (QED) is 0.102. The molecule has 55 heavy (non-hydrogen) atoms. The lowest BCUT2D eigenvalue weighted by Gasteiger charge is -2.27. The number of rotatable bonds is 13. The molecule has 3 aromatic rings. The molecule has 1 aliphatic heterocycles. The fourth-order valence-electron chi connectivity index (χ4n) is 6.74. The minimum atomic E-state index is -0.0553. The molecule has 2 aromatic heterocycles. The van der Waals surface area contributed by atoms with Crippen LogP contribution in [0.1, 0.15) is 128 Å². The van der Waals surface area contributed by atoms with Crippen molar-refractivity contribution >= 4 is 34.2 Å². The number of nitrogens with zero attached hydrogens (tertiary/aromatic N) is 3. The molecule has 8 heteroatoms. The Labute approximate surface area is 332 Å². The Bertz CT molecular complexity index is 1770. The Morgan fingerprint density at radius 2 is 1.75 bits per heavy atom. The van der Waals surface area contributed by atoms with E-state index in [1.54, 1.807) is 18.3 Å². The SMILES string of the molecule is C/C=C(/C=C(\C)C(=O)C(C)CC)C(\C)=N/C(=C/CC)Nc1ccc(-c2cccc3c(=O)cc(N4CCNCC4)oc23)cn1.CC.CC.CCCC1CCCC1. The number of anilines is 2. The molecule has 0 radical (unpaired) electrons. The second-order valence-electron chi connectivity index (χ2n) is 13.8. The molecule has 1 aromatic carbocycles. The molecule has 1 atom stereocenters. The highest BCUT2D eigenvalue weighted by Crippen LogP contribution is 2.31. The van der Waals surface area contributed by atoms with Crippen LogP contribution in [0.4, 0.5) is 11.7 Å². The van der Waals surface area contributed by atoms with Gasteiger partial charge >= 0.3 is 0 Å². The Morgan fingerprint density at radius 3 is 2.33 bits per heavy atom. The number of fused-ring (bicyclic) bond motifs is 1. The molecule has 1 saturated heterocycles. The first-order chi connectivity index (χ1) is 26.7. The first-order valence-corrected chi connectivity index (χ1v) is 21.1. The fourth-order valence-corrected chi connectivity index (χ4v) is 6.74. The van der Waals surface area contributed by atoms with Crippen LogP contribution in [-0.4, -0.2) is 42.7 Å². The zero-order valence-corrected chi connectivity index (χ0v) is 36.0. The monoisotopic (exact) mass is 754 g/mol. The van der Waals surface area contributed by atoms with Crippen LogP contribution in [0.2, 0.25) is 0 Å². The summed E-state index contributed by atoms with van der Waals surface area (Å²) in [7, 11) is 0. The van der Waals surface area contributed by atoms with Gasteiger partial charge in [0.25, 0.3) is 0 Å². The molecule has 8 nitrogen and oxygen atoms in total. The summed E-state index contributed by atoms with van der Waals surface area (Å²) >= 11 is 0. The molecular formula is C47H71N5O3. The molecule has 0 bridgehead atoms. The van der Waals surface area contributed by atoms with Crippen molar-refractivity contribution < 1.29 is 9.21 Å². The third kappa shape index (κ3) is 14.4. The van der Waals surface area contributed by atoms with E-state index < -0.39 is 0 Å². The maximum Gasteiger partial charge on any atom is 0.200 e. The summed E-state index contributed by atoms with van der Waals surface area (Å²) in [6.45, 7) is 25.4. The highest BCUT2D eigenvalue weighted by Gasteiger charge is 2.18. The molecule has 0 spiro atoms. The number of Topliss-reactive ketones (excluding diaryl/α,β-unsaturated/α-hetero) is 1. The first-order valence-electron chi connectivity index (χ1n) is 21.1. The van der Waals surface area contributed by atoms with E-state index in [0.29, 0.717) is 28.5 Å². The Hall–Kier alpha value is -4.30. The lowest BCUT2D eigenvalue weighted by atomic mass is 9.96. The number of piperazine rings is 1. The number of carbonyl (C=O) groups excluding carboxylic acids is 1. The molecule has 302 valence electrons. The Balaban J connectivity index is 0.000000754. The summed E-state index contributed by atoms with van der Waals surface area (Å²) in [5.74, 6) is 3.18. The first kappa shape index (κ1) is 46.9. The molecule has 1 saturated carbocycles. The minimum absolute atomic E-state index is 0.00275. The highest BCUT2D eigenvalue weighted by molar-refractivity contribution is 6.04. The van der Waals surface area contributed by atoms with Crippen LogP contribution in [0.15, 0.2) is 92.0 Å². The van der Waals surface area contributed by atoms with Crippen molar-refractivity contribution in [2.45, 2.75) is 128 Å². The lowest BCUT2D eigenvalue weighted by Crippen LogP contribution is -2.43. The zero-order chi connectivity index (χ0) is 40.8. The summed E-state index contributed by atoms with van der Waals surface area (Å²) in [5.41, 5.74) is 4.60. The minimum Gasteiger partial charge on any atom is -0.440 e. The summed E-state index contributed by atoms with van der Waals surface area (Å²) in [5, 5.41) is 7.21. The molecular weight excluding hydrogens is 683 g/mol. The van der Waals surface area contributed by atoms with E-state index >= 15 is 0 Å². The fraction of sp³-hybridized carbons (Fsp3) is 0.532. The summed E-state index contributed by atoms with van der Waals surface area (Å²) in [6.07, 6.45) is 18.2. The number of carbonyl (C=O) groups is 1. The van der Waals surface area contributed by atoms with Gasteiger partial charge in [0.1, 0.15) is 17.2 Å². The number of ketones is 1. The van der Waals surface area contributed by atoms with Gasteiger partial charge in [0.15, 0.2) is 17.1 Å². The van der Waals surface area contributed by atoms with Crippen LogP contribution in [-0.2, 0) is 4.79 Å². The molecule has 2 fully saturated rings. The van der Waals surface area contributed by atoms with Crippen molar-refractivity contribution in [2.75, 3.05) is 36.4 Å². The normalized spacial score (nSPS) is 15.9. The average molecular weight is 754 g/mol. The van der Waals surface area contributed by atoms with Gasteiger partial charge in [-0.25, -0.2) is 9.98 Å². The van der Waals surface area contributed by atoms with E-state index in [1.165, 1.54) is 38.5 Å². The molecule has 1 unspecified atom stereocenters. The second kappa shape index (κ2) is 25.7. The van der Waals surface area contributed by atoms with Gasteiger partial charge in [0.2, 0.25) is 0 Å². The number of benzene rings is 1. The van der Waals surface area contributed by atoms with Crippen LogP contribution in [0.5, 0.6) is 0 Å². The molecule has 3 heterocycles. The average Bonchev–Trinajstić information content (AvgIpc) is 3.75. The van der Waals surface area contributed by atoms with E-state index in [9.17, 15) is 9.59 Å². The van der Waals surface area contributed by atoms with Crippen molar-refractivity contribution in [2.24, 2.45) is 16.8 Å². The Morgan fingerprint density at radius 1 is 1.05 bits per heavy atom. The number of para-hydroxylation sites is 1. The van der Waals surface area contributed by atoms with Gasteiger partial charge in [-0.05, 0) is 81.0 Å². The second-order valence-corrected chi connectivity index (χ2v) is 13.8. The third-order valence-electron chi connectivity index (χ3n) is 9.91. The van der Waals surface area contributed by atoms with E-state index in [-0.39, 0.29) is 17.1 Å². The van der Waals surface area contributed by atoms with E-state index in [0.717, 1.165) is 72.9 Å².